The third-order valence-electron chi connectivity index (χ3n) is 4.40. The number of carbonyl (C=O) groups is 1. The molecule has 0 radical (unpaired) electrons. The number of aromatic nitrogens is 1. The number of aliphatic hydroxyl groups excluding tert-OH is 2. The molecule has 2 aromatic carbocycles. The van der Waals surface area contributed by atoms with E-state index >= 15 is 0 Å². The number of nitrogens with one attached hydrogen (secondary N) is 2. The van der Waals surface area contributed by atoms with Crippen LogP contribution in [0.2, 0.25) is 0 Å². The maximum absolute atomic E-state index is 12.1. The largest absolute Gasteiger partial charge is 0.387 e. The van der Waals surface area contributed by atoms with Crippen LogP contribution >= 0.6 is 11.3 Å². The highest BCUT2D eigenvalue weighted by molar-refractivity contribution is 7.13. The Hall–Kier alpha value is -2.78. The van der Waals surface area contributed by atoms with Crippen LogP contribution in [-0.2, 0) is 11.2 Å². The van der Waals surface area contributed by atoms with E-state index in [1.807, 2.05) is 42.5 Å². The van der Waals surface area contributed by atoms with Gasteiger partial charge in [-0.15, -0.1) is 11.3 Å². The van der Waals surface area contributed by atoms with E-state index in [-0.39, 0.29) is 5.69 Å². The number of benzene rings is 2. The topological polar surface area (TPSA) is 121 Å². The average molecular weight is 413 g/mol. The predicted octanol–water partition coefficient (Wildman–Crippen LogP) is 2.26. The lowest BCUT2D eigenvalue weighted by atomic mass is 10.1. The van der Waals surface area contributed by atoms with Gasteiger partial charge < -0.3 is 26.6 Å². The van der Waals surface area contributed by atoms with Crippen molar-refractivity contribution in [2.24, 2.45) is 0 Å². The zero-order valence-electron chi connectivity index (χ0n) is 15.8. The number of nitrogens with two attached hydrogens (primary N) is 1. The number of hydrogen-bond acceptors (Lipinski definition) is 7. The van der Waals surface area contributed by atoms with Crippen molar-refractivity contribution in [3.05, 3.63) is 76.8 Å². The summed E-state index contributed by atoms with van der Waals surface area (Å²) in [5.41, 5.74) is 8.35. The molecule has 152 valence electrons. The standard InChI is InChI=1S/C21H24N4O3S/c22-21-25-17(13-29-21)19(27)20(28)24-16-8-6-14(7-9-16)10-11-23-12-18(26)15-4-2-1-3-5-15/h1-9,13,18-19,23,26-27H,10-12H2,(H2,22,25)(H,24,28). The molecule has 0 saturated heterocycles. The van der Waals surface area contributed by atoms with Gasteiger partial charge in [0.15, 0.2) is 11.2 Å². The molecule has 7 nitrogen and oxygen atoms in total. The van der Waals surface area contributed by atoms with Gasteiger partial charge >= 0.3 is 0 Å². The van der Waals surface area contributed by atoms with Crippen molar-refractivity contribution in [3.8, 4) is 0 Å². The highest BCUT2D eigenvalue weighted by Crippen LogP contribution is 2.20. The normalized spacial score (nSPS) is 13.0. The molecule has 3 aromatic rings. The van der Waals surface area contributed by atoms with Crippen LogP contribution in [0.3, 0.4) is 0 Å². The second-order valence-electron chi connectivity index (χ2n) is 6.58. The van der Waals surface area contributed by atoms with E-state index in [0.717, 1.165) is 24.1 Å². The van der Waals surface area contributed by atoms with Crippen LogP contribution in [0.1, 0.15) is 29.0 Å². The fraction of sp³-hybridized carbons (Fsp3) is 0.238. The lowest BCUT2D eigenvalue weighted by Crippen LogP contribution is -2.23. The molecule has 0 bridgehead atoms. The first-order valence-corrected chi connectivity index (χ1v) is 10.1. The zero-order chi connectivity index (χ0) is 20.6. The van der Waals surface area contributed by atoms with Crippen LogP contribution in [0.5, 0.6) is 0 Å². The van der Waals surface area contributed by atoms with Gasteiger partial charge in [0.1, 0.15) is 0 Å². The highest BCUT2D eigenvalue weighted by Gasteiger charge is 2.20. The van der Waals surface area contributed by atoms with Gasteiger partial charge in [-0.2, -0.15) is 0 Å². The van der Waals surface area contributed by atoms with Crippen LogP contribution < -0.4 is 16.4 Å². The summed E-state index contributed by atoms with van der Waals surface area (Å²) in [7, 11) is 0. The van der Waals surface area contributed by atoms with Gasteiger partial charge in [-0.3, -0.25) is 4.79 Å². The quantitative estimate of drug-likeness (QED) is 0.344. The van der Waals surface area contributed by atoms with Crippen LogP contribution in [0.25, 0.3) is 0 Å². The Morgan fingerprint density at radius 1 is 1.10 bits per heavy atom. The molecule has 29 heavy (non-hydrogen) atoms. The van der Waals surface area contributed by atoms with Crippen molar-refractivity contribution in [3.63, 3.8) is 0 Å². The molecule has 2 unspecified atom stereocenters. The molecule has 3 rings (SSSR count). The Bertz CT molecular complexity index is 915. The van der Waals surface area contributed by atoms with Crippen molar-refractivity contribution < 1.29 is 15.0 Å². The Morgan fingerprint density at radius 3 is 2.48 bits per heavy atom. The minimum atomic E-state index is -1.36. The summed E-state index contributed by atoms with van der Waals surface area (Å²) < 4.78 is 0. The van der Waals surface area contributed by atoms with Gasteiger partial charge in [0.25, 0.3) is 5.91 Å². The Labute approximate surface area is 173 Å². The van der Waals surface area contributed by atoms with E-state index in [2.05, 4.69) is 15.6 Å². The maximum atomic E-state index is 12.1. The van der Waals surface area contributed by atoms with Crippen LogP contribution in [0.4, 0.5) is 10.8 Å². The molecule has 2 atom stereocenters. The molecule has 1 heterocycles. The Balaban J connectivity index is 1.42. The smallest absolute Gasteiger partial charge is 0.259 e. The van der Waals surface area contributed by atoms with Crippen LogP contribution in [-0.4, -0.2) is 34.2 Å². The summed E-state index contributed by atoms with van der Waals surface area (Å²) >= 11 is 1.17. The molecule has 1 aromatic heterocycles. The van der Waals surface area contributed by atoms with Gasteiger partial charge in [0, 0.05) is 17.6 Å². The number of nitrogens with zero attached hydrogens (tertiary/aromatic N) is 1. The summed E-state index contributed by atoms with van der Waals surface area (Å²) in [6, 6.07) is 16.9. The van der Waals surface area contributed by atoms with Crippen molar-refractivity contribution in [1.82, 2.24) is 10.3 Å². The number of carbonyl (C=O) groups excluding carboxylic acids is 1. The van der Waals surface area contributed by atoms with Gasteiger partial charge in [-0.05, 0) is 36.2 Å². The number of amides is 1. The lowest BCUT2D eigenvalue weighted by Gasteiger charge is -2.12. The fourth-order valence-electron chi connectivity index (χ4n) is 2.79. The van der Waals surface area contributed by atoms with Crippen molar-refractivity contribution >= 4 is 28.1 Å². The average Bonchev–Trinajstić information content (AvgIpc) is 3.18. The summed E-state index contributed by atoms with van der Waals surface area (Å²) in [4.78, 5) is 16.0. The molecular formula is C21H24N4O3S. The van der Waals surface area contributed by atoms with Gasteiger partial charge in [-0.1, -0.05) is 42.5 Å². The highest BCUT2D eigenvalue weighted by atomic mass is 32.1. The molecule has 8 heteroatoms. The molecule has 1 amide bonds. The lowest BCUT2D eigenvalue weighted by molar-refractivity contribution is -0.124. The monoisotopic (exact) mass is 412 g/mol. The minimum absolute atomic E-state index is 0.241. The summed E-state index contributed by atoms with van der Waals surface area (Å²) in [6.45, 7) is 1.21. The second kappa shape index (κ2) is 10.1. The molecular weight excluding hydrogens is 388 g/mol. The number of anilines is 2. The number of hydrogen-bond donors (Lipinski definition) is 5. The number of rotatable bonds is 9. The first-order chi connectivity index (χ1) is 14.0. The number of aliphatic hydroxyl groups is 2. The van der Waals surface area contributed by atoms with E-state index in [9.17, 15) is 15.0 Å². The first kappa shape index (κ1) is 20.9. The summed E-state index contributed by atoms with van der Waals surface area (Å²) in [6.07, 6.45) is -1.10. The second-order valence-corrected chi connectivity index (χ2v) is 7.47. The van der Waals surface area contributed by atoms with Gasteiger partial charge in [0.2, 0.25) is 0 Å². The summed E-state index contributed by atoms with van der Waals surface area (Å²) in [5.74, 6) is -0.556. The van der Waals surface area contributed by atoms with E-state index in [1.165, 1.54) is 11.3 Å². The molecule has 0 aliphatic carbocycles. The van der Waals surface area contributed by atoms with E-state index in [0.29, 0.717) is 17.4 Å². The van der Waals surface area contributed by atoms with Crippen molar-refractivity contribution in [1.29, 1.82) is 0 Å². The SMILES string of the molecule is Nc1nc(C(O)C(=O)Nc2ccc(CCNCC(O)c3ccccc3)cc2)cs1. The van der Waals surface area contributed by atoms with Gasteiger partial charge in [-0.25, -0.2) is 4.98 Å². The molecule has 0 aliphatic rings. The van der Waals surface area contributed by atoms with Crippen LogP contribution in [0.15, 0.2) is 60.0 Å². The fourth-order valence-corrected chi connectivity index (χ4v) is 3.37. The van der Waals surface area contributed by atoms with Crippen LogP contribution in [0, 0.1) is 0 Å². The van der Waals surface area contributed by atoms with E-state index in [4.69, 9.17) is 5.73 Å². The molecule has 6 N–H and O–H groups in total. The van der Waals surface area contributed by atoms with E-state index < -0.39 is 18.1 Å². The van der Waals surface area contributed by atoms with Gasteiger partial charge in [0.05, 0.1) is 11.8 Å². The minimum Gasteiger partial charge on any atom is -0.387 e. The number of nitrogen functional groups attached to an aromatic ring is 1. The van der Waals surface area contributed by atoms with Crippen molar-refractivity contribution in [2.45, 2.75) is 18.6 Å². The van der Waals surface area contributed by atoms with Crippen molar-refractivity contribution in [2.75, 3.05) is 24.1 Å². The molecule has 0 saturated carbocycles. The Morgan fingerprint density at radius 2 is 1.83 bits per heavy atom. The summed E-state index contributed by atoms with van der Waals surface area (Å²) in [5, 5.41) is 27.9. The number of thiazole rings is 1. The maximum Gasteiger partial charge on any atom is 0.259 e. The first-order valence-electron chi connectivity index (χ1n) is 9.25. The molecule has 0 spiro atoms. The Kier molecular flexibility index (Phi) is 7.31. The third kappa shape index (κ3) is 6.10. The predicted molar refractivity (Wildman–Crippen MR) is 115 cm³/mol. The molecule has 0 fully saturated rings. The third-order valence-corrected chi connectivity index (χ3v) is 5.09. The van der Waals surface area contributed by atoms with E-state index in [1.54, 1.807) is 17.5 Å². The zero-order valence-corrected chi connectivity index (χ0v) is 16.6. The molecule has 0 aliphatic heterocycles.